The predicted octanol–water partition coefficient (Wildman–Crippen LogP) is 5.21. The van der Waals surface area contributed by atoms with Crippen molar-refractivity contribution in [2.75, 3.05) is 12.4 Å². The van der Waals surface area contributed by atoms with Crippen LogP contribution in [0.4, 0.5) is 24.8 Å². The highest BCUT2D eigenvalue weighted by Gasteiger charge is 2.35. The highest BCUT2D eigenvalue weighted by atomic mass is 19.4. The number of carbonyl (C=O) groups is 2. The summed E-state index contributed by atoms with van der Waals surface area (Å²) in [5.74, 6) is -0.268. The van der Waals surface area contributed by atoms with Crippen molar-refractivity contribution in [1.82, 2.24) is 24.7 Å². The van der Waals surface area contributed by atoms with E-state index in [0.717, 1.165) is 10.7 Å². The van der Waals surface area contributed by atoms with Crippen molar-refractivity contribution in [3.8, 4) is 22.8 Å². The number of halogens is 3. The molecule has 0 fully saturated rings. The fourth-order valence-corrected chi connectivity index (χ4v) is 3.58. The molecule has 0 unspecified atom stereocenters. The Labute approximate surface area is 209 Å². The van der Waals surface area contributed by atoms with Gasteiger partial charge in [-0.1, -0.05) is 12.1 Å². The Morgan fingerprint density at radius 2 is 1.78 bits per heavy atom. The first kappa shape index (κ1) is 25.5. The summed E-state index contributed by atoms with van der Waals surface area (Å²) in [7, 11) is 1.37. The first-order chi connectivity index (χ1) is 17.5. The molecule has 190 valence electrons. The lowest BCUT2D eigenvalue weighted by Gasteiger charge is -2.14. The summed E-state index contributed by atoms with van der Waals surface area (Å²) in [6.45, 7) is 4.24. The average Bonchev–Trinajstić information content (AvgIpc) is 3.26. The summed E-state index contributed by atoms with van der Waals surface area (Å²) in [4.78, 5) is 36.8. The van der Waals surface area contributed by atoms with E-state index in [1.54, 1.807) is 24.3 Å². The van der Waals surface area contributed by atoms with Gasteiger partial charge in [-0.25, -0.2) is 14.6 Å². The van der Waals surface area contributed by atoms with E-state index in [2.05, 4.69) is 25.4 Å². The van der Waals surface area contributed by atoms with Crippen molar-refractivity contribution in [3.63, 3.8) is 0 Å². The van der Waals surface area contributed by atoms with Crippen LogP contribution < -0.4 is 10.1 Å². The van der Waals surface area contributed by atoms with E-state index in [4.69, 9.17) is 4.74 Å². The van der Waals surface area contributed by atoms with Crippen molar-refractivity contribution in [2.45, 2.75) is 26.9 Å². The Bertz CT molecular complexity index is 1510. The predicted molar refractivity (Wildman–Crippen MR) is 128 cm³/mol. The zero-order valence-electron chi connectivity index (χ0n) is 20.2. The second-order valence-electron chi connectivity index (χ2n) is 8.11. The highest BCUT2D eigenvalue weighted by molar-refractivity contribution is 5.97. The Hall–Kier alpha value is -4.61. The molecule has 3 aromatic heterocycles. The zero-order valence-corrected chi connectivity index (χ0v) is 20.2. The normalized spacial score (nSPS) is 11.3. The molecule has 1 N–H and O–H groups in total. The van der Waals surface area contributed by atoms with Gasteiger partial charge in [-0.15, -0.1) is 0 Å². The van der Waals surface area contributed by atoms with E-state index < -0.39 is 11.9 Å². The van der Waals surface area contributed by atoms with E-state index in [1.165, 1.54) is 46.3 Å². The molecule has 4 aromatic rings. The number of hydrogen-bond donors (Lipinski definition) is 1. The Morgan fingerprint density at radius 3 is 2.41 bits per heavy atom. The molecule has 0 saturated heterocycles. The third-order valence-corrected chi connectivity index (χ3v) is 5.41. The molecule has 0 amide bonds. The van der Waals surface area contributed by atoms with E-state index in [-0.39, 0.29) is 46.0 Å². The topological polar surface area (TPSA) is 112 Å². The number of ether oxygens (including phenoxy) is 1. The van der Waals surface area contributed by atoms with E-state index in [9.17, 15) is 22.8 Å². The van der Waals surface area contributed by atoms with Crippen molar-refractivity contribution < 1.29 is 27.5 Å². The maximum absolute atomic E-state index is 13.4. The van der Waals surface area contributed by atoms with Gasteiger partial charge in [0.1, 0.15) is 0 Å². The number of hydrogen-bond acceptors (Lipinski definition) is 8. The standard InChI is InChI=1S/C25H21F3N6O3/c1-13-8-21(25(26,27)28)33-34(13)22-20(17-10-19(15(3)36)23(37-4)29-11-17)12-30-24(32-22)31-18-7-5-6-16(9-18)14(2)35/h5-12H,1-4H3,(H,30,31,32). The fourth-order valence-electron chi connectivity index (χ4n) is 3.58. The number of carbonyl (C=O) groups excluding carboxylic acids is 2. The van der Waals surface area contributed by atoms with Crippen molar-refractivity contribution in [2.24, 2.45) is 0 Å². The minimum Gasteiger partial charge on any atom is -0.480 e. The van der Waals surface area contributed by atoms with Crippen LogP contribution in [0.25, 0.3) is 16.9 Å². The number of methoxy groups -OCH3 is 1. The van der Waals surface area contributed by atoms with Crippen LogP contribution in [0.1, 0.15) is 46.0 Å². The summed E-state index contributed by atoms with van der Waals surface area (Å²) in [6, 6.07) is 9.03. The number of aryl methyl sites for hydroxylation is 1. The molecule has 0 atom stereocenters. The zero-order chi connectivity index (χ0) is 26.9. The monoisotopic (exact) mass is 510 g/mol. The molecule has 0 aliphatic rings. The molecule has 0 saturated carbocycles. The van der Waals surface area contributed by atoms with Gasteiger partial charge in [-0.05, 0) is 45.0 Å². The molecular weight excluding hydrogens is 489 g/mol. The second-order valence-corrected chi connectivity index (χ2v) is 8.11. The number of rotatable bonds is 7. The van der Waals surface area contributed by atoms with Gasteiger partial charge in [-0.3, -0.25) is 9.59 Å². The summed E-state index contributed by atoms with van der Waals surface area (Å²) in [6.07, 6.45) is -1.87. The Morgan fingerprint density at radius 1 is 1.03 bits per heavy atom. The molecule has 0 spiro atoms. The number of Topliss-reactive ketones (excluding diaryl/α,β-unsaturated/α-hetero) is 2. The quantitative estimate of drug-likeness (QED) is 0.337. The van der Waals surface area contributed by atoms with Crippen LogP contribution in [0, 0.1) is 6.92 Å². The molecule has 0 bridgehead atoms. The maximum atomic E-state index is 13.4. The Kier molecular flexibility index (Phi) is 6.75. The minimum absolute atomic E-state index is 0.0229. The molecule has 0 aliphatic carbocycles. The number of aromatic nitrogens is 5. The van der Waals surface area contributed by atoms with Crippen LogP contribution in [-0.4, -0.2) is 43.4 Å². The number of ketones is 2. The van der Waals surface area contributed by atoms with Crippen LogP contribution in [0.2, 0.25) is 0 Å². The highest BCUT2D eigenvalue weighted by Crippen LogP contribution is 2.33. The molecule has 4 rings (SSSR count). The number of nitrogens with zero attached hydrogens (tertiary/aromatic N) is 5. The van der Waals surface area contributed by atoms with Gasteiger partial charge in [0.25, 0.3) is 0 Å². The largest absolute Gasteiger partial charge is 0.480 e. The van der Waals surface area contributed by atoms with E-state index in [0.29, 0.717) is 16.8 Å². The number of anilines is 2. The summed E-state index contributed by atoms with van der Waals surface area (Å²) < 4.78 is 46.4. The van der Waals surface area contributed by atoms with Crippen molar-refractivity contribution in [3.05, 3.63) is 71.3 Å². The SMILES string of the molecule is COc1ncc(-c2cnc(Nc3cccc(C(C)=O)c3)nc2-n2nc(C(F)(F)F)cc2C)cc1C(C)=O. The number of nitrogens with one attached hydrogen (secondary N) is 1. The summed E-state index contributed by atoms with van der Waals surface area (Å²) in [5.41, 5.74) is 0.878. The van der Waals surface area contributed by atoms with Crippen molar-refractivity contribution in [1.29, 1.82) is 0 Å². The van der Waals surface area contributed by atoms with Crippen LogP contribution in [-0.2, 0) is 6.18 Å². The second kappa shape index (κ2) is 9.80. The van der Waals surface area contributed by atoms with Gasteiger partial charge in [0.15, 0.2) is 23.1 Å². The number of benzene rings is 1. The van der Waals surface area contributed by atoms with Crippen molar-refractivity contribution >= 4 is 23.2 Å². The molecule has 0 radical (unpaired) electrons. The van der Waals surface area contributed by atoms with Crippen LogP contribution >= 0.6 is 0 Å². The number of pyridine rings is 1. The molecule has 1 aromatic carbocycles. The van der Waals surface area contributed by atoms with Crippen LogP contribution in [0.3, 0.4) is 0 Å². The minimum atomic E-state index is -4.67. The molecule has 37 heavy (non-hydrogen) atoms. The van der Waals surface area contributed by atoms with Gasteiger partial charge >= 0.3 is 6.18 Å². The van der Waals surface area contributed by atoms with E-state index in [1.807, 2.05) is 0 Å². The summed E-state index contributed by atoms with van der Waals surface area (Å²) in [5, 5.41) is 6.70. The average molecular weight is 510 g/mol. The van der Waals surface area contributed by atoms with Crippen LogP contribution in [0.5, 0.6) is 5.88 Å². The lowest BCUT2D eigenvalue weighted by atomic mass is 10.1. The lowest BCUT2D eigenvalue weighted by Crippen LogP contribution is -2.11. The third kappa shape index (κ3) is 5.32. The fraction of sp³-hybridized carbons (Fsp3) is 0.200. The lowest BCUT2D eigenvalue weighted by molar-refractivity contribution is -0.141. The van der Waals surface area contributed by atoms with E-state index >= 15 is 0 Å². The maximum Gasteiger partial charge on any atom is 0.435 e. The van der Waals surface area contributed by atoms with Gasteiger partial charge < -0.3 is 10.1 Å². The third-order valence-electron chi connectivity index (χ3n) is 5.41. The molecule has 12 heteroatoms. The Balaban J connectivity index is 1.88. The number of alkyl halides is 3. The molecule has 9 nitrogen and oxygen atoms in total. The molecular formula is C25H21F3N6O3. The first-order valence-electron chi connectivity index (χ1n) is 10.9. The van der Waals surface area contributed by atoms with Gasteiger partial charge in [-0.2, -0.15) is 23.3 Å². The van der Waals surface area contributed by atoms with Gasteiger partial charge in [0.2, 0.25) is 11.8 Å². The summed E-state index contributed by atoms with van der Waals surface area (Å²) >= 11 is 0. The smallest absolute Gasteiger partial charge is 0.435 e. The molecule has 3 heterocycles. The van der Waals surface area contributed by atoms with Gasteiger partial charge in [0.05, 0.1) is 12.7 Å². The van der Waals surface area contributed by atoms with Gasteiger partial charge in [0, 0.05) is 40.5 Å². The van der Waals surface area contributed by atoms with Crippen LogP contribution in [0.15, 0.2) is 48.8 Å². The first-order valence-corrected chi connectivity index (χ1v) is 10.9. The molecule has 0 aliphatic heterocycles.